The van der Waals surface area contributed by atoms with Gasteiger partial charge in [0.25, 0.3) is 0 Å². The van der Waals surface area contributed by atoms with Crippen LogP contribution in [0.3, 0.4) is 0 Å². The Bertz CT molecular complexity index is 1280. The average Bonchev–Trinajstić information content (AvgIpc) is 3.38. The van der Waals surface area contributed by atoms with Crippen LogP contribution in [0.1, 0.15) is 76.3 Å². The van der Waals surface area contributed by atoms with E-state index in [0.717, 1.165) is 17.2 Å². The van der Waals surface area contributed by atoms with Gasteiger partial charge in [-0.2, -0.15) is 0 Å². The van der Waals surface area contributed by atoms with E-state index in [1.807, 2.05) is 17.8 Å². The van der Waals surface area contributed by atoms with E-state index in [1.54, 1.807) is 11.3 Å². The lowest BCUT2D eigenvalue weighted by Crippen LogP contribution is -2.15. The Morgan fingerprint density at radius 3 is 1.71 bits per heavy atom. The second-order valence-electron chi connectivity index (χ2n) is 10.3. The van der Waals surface area contributed by atoms with Crippen molar-refractivity contribution in [1.82, 2.24) is 0 Å². The molecule has 1 nitrogen and oxygen atoms in total. The Morgan fingerprint density at radius 2 is 1.21 bits per heavy atom. The molecule has 0 radical (unpaired) electrons. The maximum atomic E-state index is 6.20. The number of unbranched alkanes of at least 4 members (excludes halogenated alkanes) is 6. The van der Waals surface area contributed by atoms with Gasteiger partial charge in [0.2, 0.25) is 0 Å². The average molecular weight is 560 g/mol. The Hall–Kier alpha value is -2.20. The van der Waals surface area contributed by atoms with Crippen molar-refractivity contribution in [3.63, 3.8) is 0 Å². The normalized spacial score (nSPS) is 12.4. The highest BCUT2D eigenvalue weighted by atomic mass is 35.5. The van der Waals surface area contributed by atoms with Crippen molar-refractivity contribution >= 4 is 51.8 Å². The summed E-state index contributed by atoms with van der Waals surface area (Å²) in [6.07, 6.45) is 12.7. The number of anilines is 3. The quantitative estimate of drug-likeness (QED) is 0.140. The lowest BCUT2D eigenvalue weighted by molar-refractivity contribution is 0.666. The molecule has 0 fully saturated rings. The summed E-state index contributed by atoms with van der Waals surface area (Å²) in [5.74, 6) is 0. The molecule has 198 valence electrons. The van der Waals surface area contributed by atoms with Gasteiger partial charge < -0.3 is 4.90 Å². The number of thiophene rings is 1. The summed E-state index contributed by atoms with van der Waals surface area (Å²) >= 11 is 9.78. The second kappa shape index (κ2) is 13.2. The number of fused-ring (bicyclic) bond motifs is 2. The second-order valence-corrected chi connectivity index (χ2v) is 13.1. The van der Waals surface area contributed by atoms with Crippen LogP contribution in [0.15, 0.2) is 82.6 Å². The third-order valence-electron chi connectivity index (χ3n) is 7.37. The van der Waals surface area contributed by atoms with Crippen molar-refractivity contribution in [2.45, 2.75) is 87.8 Å². The smallest absolute Gasteiger partial charge is 0.0934 e. The number of aryl methyl sites for hydroxylation is 2. The lowest BCUT2D eigenvalue weighted by Gasteiger charge is -2.33. The fourth-order valence-corrected chi connectivity index (χ4v) is 7.48. The summed E-state index contributed by atoms with van der Waals surface area (Å²) in [4.78, 5) is 6.39. The van der Waals surface area contributed by atoms with Crippen LogP contribution in [0.4, 0.5) is 17.1 Å². The standard InChI is InChI=1S/C34H38ClNS2/c1-3-5-7-9-11-25-13-19-29-32(23-25)37-33-24-26(12-10-8-6-4-2)14-20-30(33)36(29)28-17-15-27(16-18-28)31-21-22-34(35)38-31/h13-24H,3-12H2,1-2H3. The van der Waals surface area contributed by atoms with E-state index in [0.29, 0.717) is 0 Å². The Labute approximate surface area is 242 Å². The summed E-state index contributed by atoms with van der Waals surface area (Å²) in [5, 5.41) is 0. The van der Waals surface area contributed by atoms with Crippen LogP contribution in [0, 0.1) is 0 Å². The molecule has 0 spiro atoms. The highest BCUT2D eigenvalue weighted by Crippen LogP contribution is 2.52. The van der Waals surface area contributed by atoms with Crippen LogP contribution in [0.5, 0.6) is 0 Å². The number of nitrogens with zero attached hydrogens (tertiary/aromatic N) is 1. The maximum absolute atomic E-state index is 6.20. The molecule has 1 aliphatic heterocycles. The Balaban J connectivity index is 1.46. The molecule has 0 saturated carbocycles. The predicted molar refractivity (Wildman–Crippen MR) is 169 cm³/mol. The molecule has 0 unspecified atom stereocenters. The molecular formula is C34H38ClNS2. The molecule has 0 amide bonds. The fraction of sp³-hybridized carbons (Fsp3) is 0.353. The molecule has 1 aromatic heterocycles. The minimum atomic E-state index is 0.830. The van der Waals surface area contributed by atoms with Gasteiger partial charge in [0.05, 0.1) is 15.7 Å². The van der Waals surface area contributed by atoms with Crippen molar-refractivity contribution in [2.75, 3.05) is 4.90 Å². The molecule has 0 aliphatic carbocycles. The van der Waals surface area contributed by atoms with Crippen LogP contribution in [-0.4, -0.2) is 0 Å². The summed E-state index contributed by atoms with van der Waals surface area (Å²) in [6, 6.07) is 27.3. The molecule has 4 aromatic rings. The first-order chi connectivity index (χ1) is 18.7. The van der Waals surface area contributed by atoms with E-state index in [2.05, 4.69) is 85.5 Å². The number of hydrogen-bond acceptors (Lipinski definition) is 3. The molecule has 2 heterocycles. The van der Waals surface area contributed by atoms with Crippen molar-refractivity contribution in [3.05, 3.63) is 88.3 Å². The summed E-state index contributed by atoms with van der Waals surface area (Å²) in [6.45, 7) is 4.56. The molecule has 38 heavy (non-hydrogen) atoms. The van der Waals surface area contributed by atoms with Crippen LogP contribution < -0.4 is 4.90 Å². The number of benzene rings is 3. The molecule has 0 bridgehead atoms. The molecule has 0 saturated heterocycles. The summed E-state index contributed by atoms with van der Waals surface area (Å²) in [5.41, 5.74) is 7.88. The van der Waals surface area contributed by atoms with Gasteiger partial charge in [-0.15, -0.1) is 11.3 Å². The molecule has 4 heteroatoms. The van der Waals surface area contributed by atoms with E-state index < -0.39 is 0 Å². The third-order valence-corrected chi connectivity index (χ3v) is 9.75. The predicted octanol–water partition coefficient (Wildman–Crippen LogP) is 12.2. The van der Waals surface area contributed by atoms with Crippen LogP contribution in [-0.2, 0) is 12.8 Å². The van der Waals surface area contributed by atoms with Crippen molar-refractivity contribution in [2.24, 2.45) is 0 Å². The number of halogens is 1. The van der Waals surface area contributed by atoms with Gasteiger partial charge in [-0.1, -0.05) is 100 Å². The Morgan fingerprint density at radius 1 is 0.632 bits per heavy atom. The van der Waals surface area contributed by atoms with Crippen molar-refractivity contribution in [1.29, 1.82) is 0 Å². The monoisotopic (exact) mass is 559 g/mol. The Kier molecular flexibility index (Phi) is 9.54. The van der Waals surface area contributed by atoms with Gasteiger partial charge in [-0.25, -0.2) is 0 Å². The van der Waals surface area contributed by atoms with E-state index in [1.165, 1.54) is 99.8 Å². The minimum absolute atomic E-state index is 0.830. The van der Waals surface area contributed by atoms with Gasteiger partial charge in [-0.3, -0.25) is 0 Å². The first kappa shape index (κ1) is 27.4. The topological polar surface area (TPSA) is 3.24 Å². The largest absolute Gasteiger partial charge is 0.308 e. The van der Waals surface area contributed by atoms with Crippen LogP contribution in [0.2, 0.25) is 4.34 Å². The lowest BCUT2D eigenvalue weighted by atomic mass is 10.0. The van der Waals surface area contributed by atoms with E-state index in [4.69, 9.17) is 11.6 Å². The molecule has 0 N–H and O–H groups in total. The van der Waals surface area contributed by atoms with Crippen molar-refractivity contribution < 1.29 is 0 Å². The first-order valence-corrected chi connectivity index (χ1v) is 16.3. The summed E-state index contributed by atoms with van der Waals surface area (Å²) < 4.78 is 0.830. The van der Waals surface area contributed by atoms with Gasteiger partial charge in [0, 0.05) is 20.4 Å². The minimum Gasteiger partial charge on any atom is -0.308 e. The van der Waals surface area contributed by atoms with Gasteiger partial charge in [0.15, 0.2) is 0 Å². The SMILES string of the molecule is CCCCCCc1ccc2c(c1)Sc1cc(CCCCCC)ccc1N2c1ccc(-c2ccc(Cl)s2)cc1. The zero-order valence-electron chi connectivity index (χ0n) is 22.6. The highest BCUT2D eigenvalue weighted by Gasteiger charge is 2.25. The van der Waals surface area contributed by atoms with E-state index in [9.17, 15) is 0 Å². The highest BCUT2D eigenvalue weighted by molar-refractivity contribution is 7.99. The van der Waals surface area contributed by atoms with Gasteiger partial charge >= 0.3 is 0 Å². The van der Waals surface area contributed by atoms with Crippen molar-refractivity contribution in [3.8, 4) is 10.4 Å². The van der Waals surface area contributed by atoms with Gasteiger partial charge in [0.1, 0.15) is 0 Å². The molecular weight excluding hydrogens is 522 g/mol. The van der Waals surface area contributed by atoms with Crippen LogP contribution >= 0.6 is 34.7 Å². The van der Waals surface area contributed by atoms with Gasteiger partial charge in [-0.05, 0) is 90.9 Å². The molecule has 1 aliphatic rings. The maximum Gasteiger partial charge on any atom is 0.0934 e. The fourth-order valence-electron chi connectivity index (χ4n) is 5.24. The number of hydrogen-bond donors (Lipinski definition) is 0. The first-order valence-electron chi connectivity index (χ1n) is 14.3. The molecule has 5 rings (SSSR count). The third kappa shape index (κ3) is 6.50. The van der Waals surface area contributed by atoms with Crippen LogP contribution in [0.25, 0.3) is 10.4 Å². The van der Waals surface area contributed by atoms with E-state index in [-0.39, 0.29) is 0 Å². The molecule has 3 aromatic carbocycles. The zero-order chi connectivity index (χ0) is 26.3. The van der Waals surface area contributed by atoms with E-state index >= 15 is 0 Å². The zero-order valence-corrected chi connectivity index (χ0v) is 25.0. The molecule has 0 atom stereocenters. The summed E-state index contributed by atoms with van der Waals surface area (Å²) in [7, 11) is 0. The number of rotatable bonds is 12.